The zero-order chi connectivity index (χ0) is 19.2. The monoisotopic (exact) mass is 373 g/mol. The molecule has 2 aromatic rings. The Morgan fingerprint density at radius 1 is 1.11 bits per heavy atom. The Bertz CT molecular complexity index is 753. The minimum atomic E-state index is -0.649. The number of nitrogens with zero attached hydrogens (tertiary/aromatic N) is 1. The van der Waals surface area contributed by atoms with E-state index in [-0.39, 0.29) is 17.4 Å². The van der Waals surface area contributed by atoms with Gasteiger partial charge in [-0.1, -0.05) is 30.3 Å². The molecule has 1 heterocycles. The van der Waals surface area contributed by atoms with E-state index >= 15 is 0 Å². The SMILES string of the molecule is CC(CCc1ccccc1)NC(=O)Nc1cc(F)c(N2CCCC2)c(F)c1. The molecule has 0 saturated carbocycles. The largest absolute Gasteiger partial charge is 0.367 e. The Hall–Kier alpha value is -2.63. The van der Waals surface area contributed by atoms with E-state index in [1.54, 1.807) is 4.90 Å². The lowest BCUT2D eigenvalue weighted by Gasteiger charge is -2.20. The Labute approximate surface area is 158 Å². The average molecular weight is 373 g/mol. The average Bonchev–Trinajstić information content (AvgIpc) is 3.14. The third kappa shape index (κ3) is 5.18. The third-order valence-electron chi connectivity index (χ3n) is 4.78. The summed E-state index contributed by atoms with van der Waals surface area (Å²) in [5.41, 5.74) is 1.31. The number of halogens is 2. The van der Waals surface area contributed by atoms with Crippen LogP contribution in [0.1, 0.15) is 31.7 Å². The van der Waals surface area contributed by atoms with Gasteiger partial charge in [0.15, 0.2) is 11.6 Å². The van der Waals surface area contributed by atoms with Crippen LogP contribution < -0.4 is 15.5 Å². The van der Waals surface area contributed by atoms with Crippen LogP contribution in [0.4, 0.5) is 25.0 Å². The lowest BCUT2D eigenvalue weighted by atomic mass is 10.1. The van der Waals surface area contributed by atoms with Crippen LogP contribution in [0.15, 0.2) is 42.5 Å². The molecule has 0 aliphatic carbocycles. The smallest absolute Gasteiger partial charge is 0.319 e. The van der Waals surface area contributed by atoms with Crippen LogP contribution in [0.5, 0.6) is 0 Å². The second kappa shape index (κ2) is 8.84. The molecule has 27 heavy (non-hydrogen) atoms. The molecule has 1 atom stereocenters. The van der Waals surface area contributed by atoms with Gasteiger partial charge in [0.25, 0.3) is 0 Å². The van der Waals surface area contributed by atoms with Crippen LogP contribution in [0.2, 0.25) is 0 Å². The maximum absolute atomic E-state index is 14.3. The van der Waals surface area contributed by atoms with Gasteiger partial charge in [-0.3, -0.25) is 0 Å². The molecule has 1 fully saturated rings. The molecular weight excluding hydrogens is 348 g/mol. The Kier molecular flexibility index (Phi) is 6.27. The zero-order valence-corrected chi connectivity index (χ0v) is 15.5. The first-order chi connectivity index (χ1) is 13.0. The molecule has 6 heteroatoms. The fraction of sp³-hybridized carbons (Fsp3) is 0.381. The summed E-state index contributed by atoms with van der Waals surface area (Å²) in [5, 5.41) is 5.32. The molecule has 0 bridgehead atoms. The highest BCUT2D eigenvalue weighted by Crippen LogP contribution is 2.29. The van der Waals surface area contributed by atoms with Gasteiger partial charge in [0.1, 0.15) is 5.69 Å². The number of carbonyl (C=O) groups excluding carboxylic acids is 1. The highest BCUT2D eigenvalue weighted by molar-refractivity contribution is 5.89. The van der Waals surface area contributed by atoms with Crippen LogP contribution in [-0.2, 0) is 6.42 Å². The van der Waals surface area contributed by atoms with E-state index in [0.29, 0.717) is 13.1 Å². The molecule has 2 aromatic carbocycles. The lowest BCUT2D eigenvalue weighted by Crippen LogP contribution is -2.36. The summed E-state index contributed by atoms with van der Waals surface area (Å²) < 4.78 is 28.7. The highest BCUT2D eigenvalue weighted by atomic mass is 19.1. The van der Waals surface area contributed by atoms with Gasteiger partial charge in [-0.05, 0) is 50.3 Å². The van der Waals surface area contributed by atoms with Crippen molar-refractivity contribution in [3.63, 3.8) is 0 Å². The summed E-state index contributed by atoms with van der Waals surface area (Å²) in [6.45, 7) is 3.21. The first-order valence-corrected chi connectivity index (χ1v) is 9.38. The molecule has 0 spiro atoms. The number of hydrogen-bond acceptors (Lipinski definition) is 2. The first-order valence-electron chi connectivity index (χ1n) is 9.38. The Morgan fingerprint density at radius 2 is 1.74 bits per heavy atom. The maximum atomic E-state index is 14.3. The summed E-state index contributed by atoms with van der Waals surface area (Å²) in [5.74, 6) is -1.30. The van der Waals surface area contributed by atoms with E-state index in [1.807, 2.05) is 37.3 Å². The van der Waals surface area contributed by atoms with E-state index in [2.05, 4.69) is 10.6 Å². The van der Waals surface area contributed by atoms with Gasteiger partial charge in [0, 0.05) is 24.8 Å². The van der Waals surface area contributed by atoms with Crippen molar-refractivity contribution in [2.45, 2.75) is 38.6 Å². The zero-order valence-electron chi connectivity index (χ0n) is 15.5. The third-order valence-corrected chi connectivity index (χ3v) is 4.78. The number of carbonyl (C=O) groups is 1. The van der Waals surface area contributed by atoms with E-state index in [9.17, 15) is 13.6 Å². The fourth-order valence-electron chi connectivity index (χ4n) is 3.37. The minimum absolute atomic E-state index is 0.00492. The molecular formula is C21H25F2N3O. The van der Waals surface area contributed by atoms with E-state index in [1.165, 1.54) is 17.7 Å². The Balaban J connectivity index is 1.54. The maximum Gasteiger partial charge on any atom is 0.319 e. The molecule has 144 valence electrons. The van der Waals surface area contributed by atoms with Gasteiger partial charge in [-0.2, -0.15) is 0 Å². The van der Waals surface area contributed by atoms with Crippen LogP contribution in [-0.4, -0.2) is 25.2 Å². The fourth-order valence-corrected chi connectivity index (χ4v) is 3.37. The number of urea groups is 1. The van der Waals surface area contributed by atoms with Gasteiger partial charge >= 0.3 is 6.03 Å². The van der Waals surface area contributed by atoms with Crippen molar-refractivity contribution >= 4 is 17.4 Å². The quantitative estimate of drug-likeness (QED) is 0.770. The second-order valence-electron chi connectivity index (χ2n) is 7.01. The van der Waals surface area contributed by atoms with E-state index in [4.69, 9.17) is 0 Å². The predicted octanol–water partition coefficient (Wildman–Crippen LogP) is 4.71. The molecule has 1 aliphatic rings. The number of hydrogen-bond donors (Lipinski definition) is 2. The minimum Gasteiger partial charge on any atom is -0.367 e. The van der Waals surface area contributed by atoms with E-state index in [0.717, 1.165) is 25.7 Å². The topological polar surface area (TPSA) is 44.4 Å². The second-order valence-corrected chi connectivity index (χ2v) is 7.01. The number of rotatable bonds is 6. The summed E-state index contributed by atoms with van der Waals surface area (Å²) in [6, 6.07) is 11.8. The normalized spacial score (nSPS) is 14.9. The standard InChI is InChI=1S/C21H25F2N3O/c1-15(9-10-16-7-3-2-4-8-16)24-21(27)25-17-13-18(22)20(19(23)14-17)26-11-5-6-12-26/h2-4,7-8,13-15H,5-6,9-12H2,1H3,(H2,24,25,27). The first kappa shape index (κ1) is 19.1. The van der Waals surface area contributed by atoms with Crippen molar-refractivity contribution in [2.75, 3.05) is 23.3 Å². The summed E-state index contributed by atoms with van der Waals surface area (Å²) >= 11 is 0. The molecule has 1 aliphatic heterocycles. The summed E-state index contributed by atoms with van der Waals surface area (Å²) in [6.07, 6.45) is 3.48. The lowest BCUT2D eigenvalue weighted by molar-refractivity contribution is 0.248. The molecule has 4 nitrogen and oxygen atoms in total. The number of amides is 2. The number of anilines is 2. The van der Waals surface area contributed by atoms with Crippen LogP contribution >= 0.6 is 0 Å². The molecule has 2 amide bonds. The molecule has 0 aromatic heterocycles. The number of nitrogens with one attached hydrogen (secondary N) is 2. The van der Waals surface area contributed by atoms with Crippen molar-refractivity contribution in [1.29, 1.82) is 0 Å². The van der Waals surface area contributed by atoms with E-state index < -0.39 is 17.7 Å². The number of benzene rings is 2. The van der Waals surface area contributed by atoms with Crippen molar-refractivity contribution < 1.29 is 13.6 Å². The molecule has 3 rings (SSSR count). The summed E-state index contributed by atoms with van der Waals surface area (Å²) in [4.78, 5) is 13.8. The van der Waals surface area contributed by atoms with Crippen LogP contribution in [0.25, 0.3) is 0 Å². The van der Waals surface area contributed by atoms with Crippen LogP contribution in [0.3, 0.4) is 0 Å². The van der Waals surface area contributed by atoms with Crippen molar-refractivity contribution in [3.8, 4) is 0 Å². The van der Waals surface area contributed by atoms with Crippen molar-refractivity contribution in [1.82, 2.24) is 5.32 Å². The molecule has 1 saturated heterocycles. The number of aryl methyl sites for hydroxylation is 1. The van der Waals surface area contributed by atoms with Gasteiger partial charge in [0.2, 0.25) is 0 Å². The van der Waals surface area contributed by atoms with Gasteiger partial charge in [0.05, 0.1) is 0 Å². The summed E-state index contributed by atoms with van der Waals surface area (Å²) in [7, 11) is 0. The van der Waals surface area contributed by atoms with Gasteiger partial charge in [-0.15, -0.1) is 0 Å². The highest BCUT2D eigenvalue weighted by Gasteiger charge is 2.21. The molecule has 1 unspecified atom stereocenters. The van der Waals surface area contributed by atoms with Gasteiger partial charge in [-0.25, -0.2) is 13.6 Å². The Morgan fingerprint density at radius 3 is 2.37 bits per heavy atom. The van der Waals surface area contributed by atoms with Crippen molar-refractivity contribution in [2.24, 2.45) is 0 Å². The molecule has 2 N–H and O–H groups in total. The molecule has 0 radical (unpaired) electrons. The van der Waals surface area contributed by atoms with Crippen LogP contribution in [0, 0.1) is 11.6 Å². The van der Waals surface area contributed by atoms with Crippen molar-refractivity contribution in [3.05, 3.63) is 59.7 Å². The predicted molar refractivity (Wildman–Crippen MR) is 104 cm³/mol. The van der Waals surface area contributed by atoms with Gasteiger partial charge < -0.3 is 15.5 Å².